The molecule has 1 fully saturated rings. The van der Waals surface area contributed by atoms with E-state index in [4.69, 9.17) is 0 Å². The summed E-state index contributed by atoms with van der Waals surface area (Å²) in [5.41, 5.74) is 3.46. The highest BCUT2D eigenvalue weighted by Gasteiger charge is 2.55. The van der Waals surface area contributed by atoms with Gasteiger partial charge in [0.25, 0.3) is 11.8 Å². The third kappa shape index (κ3) is 3.93. The summed E-state index contributed by atoms with van der Waals surface area (Å²) in [7, 11) is 0. The van der Waals surface area contributed by atoms with E-state index in [0.29, 0.717) is 17.3 Å². The van der Waals surface area contributed by atoms with Gasteiger partial charge >= 0.3 is 0 Å². The maximum Gasteiger partial charge on any atom is 0.263 e. The van der Waals surface area contributed by atoms with Crippen molar-refractivity contribution >= 4 is 29.1 Å². The molecule has 8 heteroatoms. The van der Waals surface area contributed by atoms with E-state index in [1.165, 1.54) is 10.6 Å². The van der Waals surface area contributed by atoms with E-state index >= 15 is 0 Å². The molecule has 0 saturated carbocycles. The van der Waals surface area contributed by atoms with E-state index in [2.05, 4.69) is 36.4 Å². The van der Waals surface area contributed by atoms with Gasteiger partial charge in [-0.15, -0.1) is 0 Å². The molecule has 2 atom stereocenters. The van der Waals surface area contributed by atoms with Crippen molar-refractivity contribution < 1.29 is 14.4 Å². The average molecular weight is 419 g/mol. The molecule has 2 aliphatic heterocycles. The number of anilines is 2. The highest BCUT2D eigenvalue weighted by molar-refractivity contribution is 6.25. The van der Waals surface area contributed by atoms with Crippen molar-refractivity contribution in [1.29, 1.82) is 0 Å². The Morgan fingerprint density at radius 1 is 1.03 bits per heavy atom. The number of nitrogens with zero attached hydrogens (tertiary/aromatic N) is 4. The predicted octanol–water partition coefficient (Wildman–Crippen LogP) is 3.30. The van der Waals surface area contributed by atoms with Crippen LogP contribution in [0.25, 0.3) is 0 Å². The average Bonchev–Trinajstić information content (AvgIpc) is 3.28. The van der Waals surface area contributed by atoms with E-state index in [1.807, 2.05) is 36.4 Å². The van der Waals surface area contributed by atoms with Crippen LogP contribution in [0.5, 0.6) is 0 Å². The zero-order chi connectivity index (χ0) is 22.1. The summed E-state index contributed by atoms with van der Waals surface area (Å²) in [6.45, 7) is 6.05. The maximum atomic E-state index is 13.0. The molecule has 0 unspecified atom stereocenters. The van der Waals surface area contributed by atoms with Gasteiger partial charge in [-0.3, -0.25) is 19.4 Å². The Morgan fingerprint density at radius 3 is 2.32 bits per heavy atom. The molecule has 2 aromatic carbocycles. The third-order valence-electron chi connectivity index (χ3n) is 5.63. The minimum absolute atomic E-state index is 0.167. The standard InChI is InChI=1S/C23H25N5O3/c1-4-15-5-9-17(10-6-15)24-19(29)13-27-21-20(25-26-27)22(30)28(23(21)31)18-11-7-16(8-12-18)14(2)3/h5-12,14,20-21H,4,13H2,1-3H3,(H,24,29)/t20-,21+/m0/s1. The van der Waals surface area contributed by atoms with Crippen LogP contribution in [0.15, 0.2) is 58.9 Å². The molecule has 1 saturated heterocycles. The smallest absolute Gasteiger partial charge is 0.263 e. The Kier molecular flexibility index (Phi) is 5.54. The zero-order valence-corrected chi connectivity index (χ0v) is 17.8. The van der Waals surface area contributed by atoms with Crippen LogP contribution in [0.1, 0.15) is 37.8 Å². The molecular formula is C23H25N5O3. The molecule has 2 aliphatic rings. The number of carbonyl (C=O) groups is 3. The Bertz CT molecular complexity index is 1030. The van der Waals surface area contributed by atoms with Crippen LogP contribution in [-0.4, -0.2) is 41.4 Å². The van der Waals surface area contributed by atoms with Gasteiger partial charge in [0, 0.05) is 5.69 Å². The van der Waals surface area contributed by atoms with Gasteiger partial charge in [0.05, 0.1) is 5.69 Å². The van der Waals surface area contributed by atoms with Gasteiger partial charge in [0.1, 0.15) is 6.54 Å². The lowest BCUT2D eigenvalue weighted by Gasteiger charge is -2.20. The largest absolute Gasteiger partial charge is 0.324 e. The minimum atomic E-state index is -0.922. The molecule has 0 radical (unpaired) electrons. The first-order valence-electron chi connectivity index (χ1n) is 10.4. The van der Waals surface area contributed by atoms with Gasteiger partial charge in [0.2, 0.25) is 5.91 Å². The molecule has 8 nitrogen and oxygen atoms in total. The Morgan fingerprint density at radius 2 is 1.71 bits per heavy atom. The molecule has 3 amide bonds. The number of fused-ring (bicyclic) bond motifs is 1. The highest BCUT2D eigenvalue weighted by atomic mass is 16.2. The van der Waals surface area contributed by atoms with Crippen molar-refractivity contribution in [3.63, 3.8) is 0 Å². The molecular weight excluding hydrogens is 394 g/mol. The molecule has 2 aromatic rings. The first kappa shape index (κ1) is 20.7. The number of nitrogens with one attached hydrogen (secondary N) is 1. The monoisotopic (exact) mass is 419 g/mol. The number of amides is 3. The lowest BCUT2D eigenvalue weighted by Crippen LogP contribution is -2.43. The van der Waals surface area contributed by atoms with Crippen molar-refractivity contribution in [2.24, 2.45) is 10.3 Å². The number of hydrogen-bond acceptors (Lipinski definition) is 6. The summed E-state index contributed by atoms with van der Waals surface area (Å²) in [5, 5.41) is 12.0. The van der Waals surface area contributed by atoms with E-state index in [9.17, 15) is 14.4 Å². The summed E-state index contributed by atoms with van der Waals surface area (Å²) >= 11 is 0. The summed E-state index contributed by atoms with van der Waals surface area (Å²) in [6.07, 6.45) is 0.915. The molecule has 31 heavy (non-hydrogen) atoms. The van der Waals surface area contributed by atoms with Gasteiger partial charge in [-0.1, -0.05) is 50.3 Å². The van der Waals surface area contributed by atoms with Gasteiger partial charge in [-0.2, -0.15) is 5.11 Å². The van der Waals surface area contributed by atoms with Gasteiger partial charge in [-0.05, 0) is 47.7 Å². The number of hydrogen-bond donors (Lipinski definition) is 1. The van der Waals surface area contributed by atoms with Crippen LogP contribution in [0.3, 0.4) is 0 Å². The summed E-state index contributed by atoms with van der Waals surface area (Å²) < 4.78 is 0. The van der Waals surface area contributed by atoms with Crippen molar-refractivity contribution in [1.82, 2.24) is 5.01 Å². The SMILES string of the molecule is CCc1ccc(NC(=O)CN2N=N[C@@H]3C(=O)N(c4ccc(C(C)C)cc4)C(=O)[C@@H]32)cc1. The number of rotatable bonds is 6. The normalized spacial score (nSPS) is 20.0. The fourth-order valence-corrected chi connectivity index (χ4v) is 3.79. The highest BCUT2D eigenvalue weighted by Crippen LogP contribution is 2.32. The van der Waals surface area contributed by atoms with Crippen molar-refractivity contribution in [2.75, 3.05) is 16.8 Å². The van der Waals surface area contributed by atoms with Crippen LogP contribution in [0.4, 0.5) is 11.4 Å². The fourth-order valence-electron chi connectivity index (χ4n) is 3.79. The maximum absolute atomic E-state index is 13.0. The molecule has 160 valence electrons. The first-order chi connectivity index (χ1) is 14.9. The molecule has 4 rings (SSSR count). The van der Waals surface area contributed by atoms with E-state index in [1.54, 1.807) is 12.1 Å². The molecule has 0 aliphatic carbocycles. The molecule has 0 bridgehead atoms. The van der Waals surface area contributed by atoms with E-state index in [0.717, 1.165) is 16.9 Å². The fraction of sp³-hybridized carbons (Fsp3) is 0.348. The quantitative estimate of drug-likeness (QED) is 0.727. The van der Waals surface area contributed by atoms with Gasteiger partial charge in [0.15, 0.2) is 12.1 Å². The van der Waals surface area contributed by atoms with Crippen molar-refractivity contribution in [3.8, 4) is 0 Å². The second-order valence-electron chi connectivity index (χ2n) is 8.05. The van der Waals surface area contributed by atoms with Crippen molar-refractivity contribution in [3.05, 3.63) is 59.7 Å². The Labute approximate surface area is 180 Å². The zero-order valence-electron chi connectivity index (χ0n) is 17.8. The van der Waals surface area contributed by atoms with Crippen LogP contribution in [0.2, 0.25) is 0 Å². The van der Waals surface area contributed by atoms with Gasteiger partial charge in [-0.25, -0.2) is 4.90 Å². The minimum Gasteiger partial charge on any atom is -0.324 e. The topological polar surface area (TPSA) is 94.4 Å². The number of aryl methyl sites for hydroxylation is 1. The van der Waals surface area contributed by atoms with Gasteiger partial charge < -0.3 is 5.32 Å². The lowest BCUT2D eigenvalue weighted by molar-refractivity contribution is -0.123. The third-order valence-corrected chi connectivity index (χ3v) is 5.63. The Balaban J connectivity index is 1.45. The van der Waals surface area contributed by atoms with Crippen LogP contribution < -0.4 is 10.2 Å². The second-order valence-corrected chi connectivity index (χ2v) is 8.05. The molecule has 2 heterocycles. The van der Waals surface area contributed by atoms with Crippen LogP contribution >= 0.6 is 0 Å². The van der Waals surface area contributed by atoms with Crippen LogP contribution in [-0.2, 0) is 20.8 Å². The number of imide groups is 1. The van der Waals surface area contributed by atoms with E-state index < -0.39 is 23.9 Å². The second kappa shape index (κ2) is 8.29. The lowest BCUT2D eigenvalue weighted by atomic mass is 10.0. The number of carbonyl (C=O) groups excluding carboxylic acids is 3. The van der Waals surface area contributed by atoms with Crippen LogP contribution in [0, 0.1) is 0 Å². The number of benzene rings is 2. The summed E-state index contributed by atoms with van der Waals surface area (Å²) in [4.78, 5) is 39.5. The first-order valence-corrected chi connectivity index (χ1v) is 10.4. The predicted molar refractivity (Wildman–Crippen MR) is 117 cm³/mol. The molecule has 0 aromatic heterocycles. The van der Waals surface area contributed by atoms with E-state index in [-0.39, 0.29) is 12.5 Å². The molecule has 1 N–H and O–H groups in total. The molecule has 0 spiro atoms. The summed E-state index contributed by atoms with van der Waals surface area (Å²) in [6, 6.07) is 13.1. The Hall–Kier alpha value is -3.55. The van der Waals surface area contributed by atoms with Crippen molar-refractivity contribution in [2.45, 2.75) is 45.2 Å². The summed E-state index contributed by atoms with van der Waals surface area (Å²) in [5.74, 6) is -0.824.